The van der Waals surface area contributed by atoms with E-state index in [0.717, 1.165) is 35.1 Å². The van der Waals surface area contributed by atoms with Crippen molar-refractivity contribution in [2.45, 2.75) is 32.3 Å². The molecule has 31 heavy (non-hydrogen) atoms. The van der Waals surface area contributed by atoms with Gasteiger partial charge >= 0.3 is 0 Å². The number of anilines is 1. The zero-order valence-corrected chi connectivity index (χ0v) is 18.3. The fraction of sp³-hybridized carbons (Fsp3) is 0.318. The summed E-state index contributed by atoms with van der Waals surface area (Å²) >= 11 is 13.0. The van der Waals surface area contributed by atoms with E-state index in [1.165, 1.54) is 0 Å². The van der Waals surface area contributed by atoms with Crippen LogP contribution in [-0.4, -0.2) is 35.9 Å². The summed E-state index contributed by atoms with van der Waals surface area (Å²) in [6.07, 6.45) is 2.00. The highest BCUT2D eigenvalue weighted by molar-refractivity contribution is 6.46. The highest BCUT2D eigenvalue weighted by atomic mass is 35.5. The molecule has 0 saturated carbocycles. The minimum absolute atomic E-state index is 0.0372. The number of hydrogen-bond acceptors (Lipinski definition) is 5. The summed E-state index contributed by atoms with van der Waals surface area (Å²) in [6.45, 7) is 2.45. The fourth-order valence-electron chi connectivity index (χ4n) is 4.02. The van der Waals surface area contributed by atoms with Crippen molar-refractivity contribution < 1.29 is 19.4 Å². The fourth-order valence-corrected chi connectivity index (χ4v) is 4.64. The van der Waals surface area contributed by atoms with Crippen LogP contribution in [0.1, 0.15) is 41.7 Å². The van der Waals surface area contributed by atoms with E-state index < -0.39 is 5.91 Å². The quantitative estimate of drug-likeness (QED) is 0.609. The van der Waals surface area contributed by atoms with Gasteiger partial charge in [0.05, 0.1) is 6.10 Å². The van der Waals surface area contributed by atoms with Crippen LogP contribution in [0.5, 0.6) is 5.75 Å². The van der Waals surface area contributed by atoms with Gasteiger partial charge in [-0.25, -0.2) is 0 Å². The molecule has 1 heterocycles. The Morgan fingerprint density at radius 3 is 2.71 bits per heavy atom. The second-order valence-electron chi connectivity index (χ2n) is 7.38. The van der Waals surface area contributed by atoms with Crippen LogP contribution in [0, 0.1) is 0 Å². The van der Waals surface area contributed by atoms with Gasteiger partial charge in [0.1, 0.15) is 12.3 Å². The number of ether oxygens (including phenoxy) is 1. The monoisotopic (exact) mass is 461 g/mol. The van der Waals surface area contributed by atoms with Gasteiger partial charge in [-0.1, -0.05) is 29.3 Å². The van der Waals surface area contributed by atoms with Crippen molar-refractivity contribution in [2.75, 3.05) is 18.5 Å². The van der Waals surface area contributed by atoms with Gasteiger partial charge in [-0.3, -0.25) is 14.6 Å². The van der Waals surface area contributed by atoms with Gasteiger partial charge in [0.25, 0.3) is 5.91 Å². The predicted octanol–water partition coefficient (Wildman–Crippen LogP) is 3.78. The molecule has 2 aromatic rings. The highest BCUT2D eigenvalue weighted by Gasteiger charge is 2.29. The zero-order valence-electron chi connectivity index (χ0n) is 16.8. The number of aromatic hydroxyl groups is 1. The molecule has 4 rings (SSSR count). The molecule has 0 spiro atoms. The summed E-state index contributed by atoms with van der Waals surface area (Å²) in [6, 6.07) is 6.79. The van der Waals surface area contributed by atoms with Gasteiger partial charge in [0.2, 0.25) is 5.91 Å². The molecule has 0 fully saturated rings. The first-order valence-electron chi connectivity index (χ1n) is 9.96. The van der Waals surface area contributed by atoms with Crippen LogP contribution in [-0.2, 0) is 27.2 Å². The van der Waals surface area contributed by atoms with Gasteiger partial charge < -0.3 is 20.5 Å². The maximum atomic E-state index is 12.2. The third-order valence-electron chi connectivity index (χ3n) is 5.40. The lowest BCUT2D eigenvalue weighted by Gasteiger charge is -2.16. The maximum absolute atomic E-state index is 12.2. The number of benzene rings is 2. The van der Waals surface area contributed by atoms with Crippen LogP contribution in [0.2, 0.25) is 10.0 Å². The molecule has 1 unspecified atom stereocenters. The largest absolute Gasteiger partial charge is 0.508 e. The molecule has 1 aliphatic carbocycles. The average molecular weight is 462 g/mol. The summed E-state index contributed by atoms with van der Waals surface area (Å²) in [5.41, 5.74) is 4.06. The van der Waals surface area contributed by atoms with E-state index in [0.29, 0.717) is 28.8 Å². The number of nitrogens with zero attached hydrogens (tertiary/aromatic N) is 1. The number of amidine groups is 1. The van der Waals surface area contributed by atoms with E-state index in [9.17, 15) is 14.7 Å². The van der Waals surface area contributed by atoms with Crippen molar-refractivity contribution in [1.29, 1.82) is 0 Å². The van der Waals surface area contributed by atoms with Crippen molar-refractivity contribution in [3.8, 4) is 5.75 Å². The van der Waals surface area contributed by atoms with Crippen LogP contribution in [0.3, 0.4) is 0 Å². The standard InChI is InChI=1S/C22H21Cl2N3O4/c1-2-31-18-6-4-13-11(3-5-17(28)20(13)18)7-14-15(23)8-12(9-16(14)24)26-22(30)21-25-10-19(29)27-21/h3,5,8-9,18,28H,2,4,6-7,10H2,1H3,(H,26,30)(H,25,27,29). The molecule has 3 N–H and O–H groups in total. The summed E-state index contributed by atoms with van der Waals surface area (Å²) in [4.78, 5) is 27.3. The van der Waals surface area contributed by atoms with Crippen LogP contribution in [0.25, 0.3) is 0 Å². The molecule has 0 bridgehead atoms. The Morgan fingerprint density at radius 2 is 2.06 bits per heavy atom. The third-order valence-corrected chi connectivity index (χ3v) is 6.07. The number of nitrogens with one attached hydrogen (secondary N) is 2. The Balaban J connectivity index is 1.57. The number of carbonyl (C=O) groups is 2. The molecule has 0 radical (unpaired) electrons. The maximum Gasteiger partial charge on any atom is 0.291 e. The van der Waals surface area contributed by atoms with Crippen molar-refractivity contribution in [2.24, 2.45) is 4.99 Å². The Morgan fingerprint density at radius 1 is 1.32 bits per heavy atom. The zero-order chi connectivity index (χ0) is 22.1. The van der Waals surface area contributed by atoms with Crippen molar-refractivity contribution >= 4 is 46.5 Å². The number of fused-ring (bicyclic) bond motifs is 1. The summed E-state index contributed by atoms with van der Waals surface area (Å²) in [5.74, 6) is -0.662. The first-order valence-corrected chi connectivity index (χ1v) is 10.7. The van der Waals surface area contributed by atoms with E-state index in [2.05, 4.69) is 15.6 Å². The number of phenolic OH excluding ortho intramolecular Hbond substituents is 1. The number of aliphatic imine (C=N–C) groups is 1. The van der Waals surface area contributed by atoms with E-state index >= 15 is 0 Å². The van der Waals surface area contributed by atoms with Gasteiger partial charge in [-0.15, -0.1) is 0 Å². The Bertz CT molecular complexity index is 1080. The Hall–Kier alpha value is -2.61. The summed E-state index contributed by atoms with van der Waals surface area (Å²) in [7, 11) is 0. The van der Waals surface area contributed by atoms with Crippen LogP contribution in [0.15, 0.2) is 29.3 Å². The topological polar surface area (TPSA) is 100 Å². The van der Waals surface area contributed by atoms with Gasteiger partial charge in [-0.2, -0.15) is 0 Å². The lowest BCUT2D eigenvalue weighted by Crippen LogP contribution is -2.34. The second-order valence-corrected chi connectivity index (χ2v) is 8.20. The normalized spacial score (nSPS) is 17.3. The number of halogens is 2. The SMILES string of the molecule is CCOC1CCc2c(Cc3c(Cl)cc(NC(=O)C4=NCC(=O)N4)cc3Cl)ccc(O)c21. The molecular weight excluding hydrogens is 441 g/mol. The first kappa shape index (κ1) is 21.6. The molecule has 2 aliphatic rings. The smallest absolute Gasteiger partial charge is 0.291 e. The molecular formula is C22H21Cl2N3O4. The Labute approximate surface area is 189 Å². The lowest BCUT2D eigenvalue weighted by atomic mass is 9.96. The van der Waals surface area contributed by atoms with Gasteiger partial charge in [-0.05, 0) is 54.7 Å². The molecule has 1 atom stereocenters. The molecule has 2 aromatic carbocycles. The molecule has 7 nitrogen and oxygen atoms in total. The summed E-state index contributed by atoms with van der Waals surface area (Å²) < 4.78 is 5.78. The van der Waals surface area contributed by atoms with Crippen LogP contribution < -0.4 is 10.6 Å². The highest BCUT2D eigenvalue weighted by Crippen LogP contribution is 2.42. The number of hydrogen-bond donors (Lipinski definition) is 3. The number of phenols is 1. The predicted molar refractivity (Wildman–Crippen MR) is 119 cm³/mol. The number of rotatable bonds is 6. The second kappa shape index (κ2) is 8.86. The first-order chi connectivity index (χ1) is 14.9. The number of amides is 2. The van der Waals surface area contributed by atoms with E-state index in [-0.39, 0.29) is 30.1 Å². The van der Waals surface area contributed by atoms with Crippen LogP contribution in [0.4, 0.5) is 5.69 Å². The Kier molecular flexibility index (Phi) is 6.18. The van der Waals surface area contributed by atoms with Crippen molar-refractivity contribution in [3.05, 3.63) is 56.6 Å². The van der Waals surface area contributed by atoms with Gasteiger partial charge in [0, 0.05) is 34.3 Å². The van der Waals surface area contributed by atoms with Crippen LogP contribution >= 0.6 is 23.2 Å². The molecule has 0 aromatic heterocycles. The van der Waals surface area contributed by atoms with E-state index in [1.807, 2.05) is 13.0 Å². The summed E-state index contributed by atoms with van der Waals surface area (Å²) in [5, 5.41) is 16.2. The molecule has 2 amide bonds. The van der Waals surface area contributed by atoms with E-state index in [1.54, 1.807) is 18.2 Å². The molecule has 1 aliphatic heterocycles. The average Bonchev–Trinajstić information content (AvgIpc) is 3.34. The molecule has 162 valence electrons. The number of carbonyl (C=O) groups excluding carboxylic acids is 2. The molecule has 9 heteroatoms. The molecule has 0 saturated heterocycles. The minimum atomic E-state index is -0.538. The van der Waals surface area contributed by atoms with Gasteiger partial charge in [0.15, 0.2) is 5.84 Å². The van der Waals surface area contributed by atoms with E-state index in [4.69, 9.17) is 27.9 Å². The van der Waals surface area contributed by atoms with Crippen molar-refractivity contribution in [3.63, 3.8) is 0 Å². The van der Waals surface area contributed by atoms with Crippen molar-refractivity contribution in [1.82, 2.24) is 5.32 Å². The third kappa shape index (κ3) is 4.39. The lowest BCUT2D eigenvalue weighted by molar-refractivity contribution is -0.118. The minimum Gasteiger partial charge on any atom is -0.508 e.